The van der Waals surface area contributed by atoms with Gasteiger partial charge in [0.25, 0.3) is 0 Å². The summed E-state index contributed by atoms with van der Waals surface area (Å²) >= 11 is 1.08. The highest BCUT2D eigenvalue weighted by molar-refractivity contribution is 8.04. The Morgan fingerprint density at radius 2 is 2.14 bits per heavy atom. The summed E-state index contributed by atoms with van der Waals surface area (Å²) in [6, 6.07) is -0.377. The van der Waals surface area contributed by atoms with Crippen molar-refractivity contribution in [1.82, 2.24) is 15.8 Å². The van der Waals surface area contributed by atoms with Gasteiger partial charge in [0.1, 0.15) is 5.56 Å². The van der Waals surface area contributed by atoms with E-state index in [2.05, 4.69) is 20.5 Å². The maximum absolute atomic E-state index is 12.6. The van der Waals surface area contributed by atoms with Crippen molar-refractivity contribution in [3.8, 4) is 0 Å². The molecule has 1 aromatic rings. The van der Waals surface area contributed by atoms with Crippen molar-refractivity contribution in [1.29, 1.82) is 0 Å². The lowest BCUT2D eigenvalue weighted by Gasteiger charge is -2.11. The van der Waals surface area contributed by atoms with E-state index >= 15 is 0 Å². The van der Waals surface area contributed by atoms with Crippen molar-refractivity contribution in [2.75, 3.05) is 19.4 Å². The largest absolute Gasteiger partial charge is 0.464 e. The number of fused-ring (bicyclic) bond motifs is 1. The number of methoxy groups -OCH3 is 1. The van der Waals surface area contributed by atoms with Crippen molar-refractivity contribution in [3.63, 3.8) is 0 Å². The number of carbonyl (C=O) groups is 4. The molecule has 0 aromatic carbocycles. The van der Waals surface area contributed by atoms with Crippen molar-refractivity contribution in [3.05, 3.63) is 64.1 Å². The van der Waals surface area contributed by atoms with Crippen LogP contribution in [-0.4, -0.2) is 48.1 Å². The summed E-state index contributed by atoms with van der Waals surface area (Å²) < 4.78 is 9.38. The van der Waals surface area contributed by atoms with Gasteiger partial charge in [0.2, 0.25) is 23.0 Å². The number of thioether (sulfide) groups is 1. The van der Waals surface area contributed by atoms with Crippen molar-refractivity contribution in [2.24, 2.45) is 0 Å². The Labute approximate surface area is 169 Å². The Balaban J connectivity index is 1.53. The van der Waals surface area contributed by atoms with Crippen LogP contribution in [0.4, 0.5) is 4.79 Å². The number of esters is 1. The minimum atomic E-state index is -0.863. The van der Waals surface area contributed by atoms with Crippen LogP contribution in [0.2, 0.25) is 0 Å². The third kappa shape index (κ3) is 4.72. The first-order chi connectivity index (χ1) is 14.0. The standard InChI is InChI=1S/C19H17N3O6S/c1-27-18(25)15-14-16(24)13(10-12(23)17(14)28-22-15)29-9-8-20-19(26)21-11-6-4-2-3-5-7-11/h2-4,6-7,10H,5,8-9H2,1H3,(H2,20,21,26). The average Bonchev–Trinajstić information content (AvgIpc) is 3.01. The van der Waals surface area contributed by atoms with Crippen LogP contribution in [0.5, 0.6) is 0 Å². The second kappa shape index (κ2) is 9.20. The molecule has 3 rings (SSSR count). The normalized spacial score (nSPS) is 15.2. The molecule has 0 radical (unpaired) electrons. The van der Waals surface area contributed by atoms with Gasteiger partial charge in [0.15, 0.2) is 0 Å². The van der Waals surface area contributed by atoms with E-state index in [0.717, 1.165) is 31.4 Å². The fourth-order valence-electron chi connectivity index (χ4n) is 2.56. The number of carbonyl (C=O) groups excluding carboxylic acids is 4. The lowest BCUT2D eigenvalue weighted by molar-refractivity contribution is 0.0586. The summed E-state index contributed by atoms with van der Waals surface area (Å²) in [5, 5.41) is 8.86. The number of aromatic nitrogens is 1. The molecule has 29 heavy (non-hydrogen) atoms. The molecule has 0 saturated heterocycles. The van der Waals surface area contributed by atoms with E-state index < -0.39 is 17.5 Å². The lowest BCUT2D eigenvalue weighted by Crippen LogP contribution is -2.35. The number of ketones is 2. The van der Waals surface area contributed by atoms with E-state index in [1.807, 2.05) is 24.3 Å². The van der Waals surface area contributed by atoms with Crippen molar-refractivity contribution in [2.45, 2.75) is 6.42 Å². The number of rotatable bonds is 6. The van der Waals surface area contributed by atoms with Gasteiger partial charge in [-0.1, -0.05) is 29.5 Å². The number of amides is 2. The van der Waals surface area contributed by atoms with E-state index in [0.29, 0.717) is 11.4 Å². The van der Waals surface area contributed by atoms with Crippen LogP contribution in [0.15, 0.2) is 51.6 Å². The first-order valence-electron chi connectivity index (χ1n) is 8.61. The molecule has 0 aliphatic heterocycles. The van der Waals surface area contributed by atoms with Gasteiger partial charge >= 0.3 is 12.0 Å². The number of ether oxygens (including phenoxy) is 1. The quantitative estimate of drug-likeness (QED) is 0.534. The molecule has 0 spiro atoms. The van der Waals surface area contributed by atoms with Gasteiger partial charge in [-0.3, -0.25) is 9.59 Å². The molecule has 10 heteroatoms. The molecule has 2 amide bonds. The predicted molar refractivity (Wildman–Crippen MR) is 105 cm³/mol. The molecule has 1 heterocycles. The minimum absolute atomic E-state index is 0.138. The highest BCUT2D eigenvalue weighted by atomic mass is 32.2. The van der Waals surface area contributed by atoms with Gasteiger partial charge in [-0.2, -0.15) is 0 Å². The van der Waals surface area contributed by atoms with Crippen LogP contribution in [0.3, 0.4) is 0 Å². The number of hydrogen-bond acceptors (Lipinski definition) is 8. The van der Waals surface area contributed by atoms with Gasteiger partial charge < -0.3 is 19.9 Å². The van der Waals surface area contributed by atoms with Gasteiger partial charge in [0.05, 0.1) is 12.0 Å². The molecule has 150 valence electrons. The monoisotopic (exact) mass is 415 g/mol. The molecule has 2 aliphatic rings. The molecule has 0 atom stereocenters. The van der Waals surface area contributed by atoms with Crippen LogP contribution in [0.1, 0.15) is 37.8 Å². The molecule has 2 aliphatic carbocycles. The Morgan fingerprint density at radius 3 is 2.93 bits per heavy atom. The van der Waals surface area contributed by atoms with Gasteiger partial charge in [-0.15, -0.1) is 11.8 Å². The zero-order chi connectivity index (χ0) is 20.8. The zero-order valence-electron chi connectivity index (χ0n) is 15.4. The summed E-state index contributed by atoms with van der Waals surface area (Å²) in [7, 11) is 1.14. The molecule has 1 aromatic heterocycles. The summed E-state index contributed by atoms with van der Waals surface area (Å²) in [5.41, 5.74) is 0.160. The van der Waals surface area contributed by atoms with Crippen LogP contribution in [-0.2, 0) is 4.74 Å². The Bertz CT molecular complexity index is 986. The van der Waals surface area contributed by atoms with Crippen molar-refractivity contribution >= 4 is 35.3 Å². The maximum Gasteiger partial charge on any atom is 0.361 e. The van der Waals surface area contributed by atoms with E-state index in [9.17, 15) is 19.2 Å². The van der Waals surface area contributed by atoms with E-state index in [1.165, 1.54) is 0 Å². The van der Waals surface area contributed by atoms with E-state index in [1.54, 1.807) is 6.08 Å². The lowest BCUT2D eigenvalue weighted by atomic mass is 10.00. The average molecular weight is 415 g/mol. The Morgan fingerprint density at radius 1 is 1.31 bits per heavy atom. The minimum Gasteiger partial charge on any atom is -0.464 e. The summed E-state index contributed by atoms with van der Waals surface area (Å²) in [4.78, 5) is 48.5. The number of allylic oxidation sites excluding steroid dienone is 7. The van der Waals surface area contributed by atoms with Crippen LogP contribution < -0.4 is 10.6 Å². The fraction of sp³-hybridized carbons (Fsp3) is 0.211. The second-order valence-corrected chi connectivity index (χ2v) is 6.98. The maximum atomic E-state index is 12.6. The van der Waals surface area contributed by atoms with E-state index in [4.69, 9.17) is 4.52 Å². The molecule has 9 nitrogen and oxygen atoms in total. The smallest absolute Gasteiger partial charge is 0.361 e. The number of hydrogen-bond donors (Lipinski definition) is 2. The predicted octanol–water partition coefficient (Wildman–Crippen LogP) is 2.16. The first kappa shape index (κ1) is 20.3. The Hall–Kier alpha value is -3.40. The topological polar surface area (TPSA) is 128 Å². The highest BCUT2D eigenvalue weighted by Gasteiger charge is 2.36. The summed E-state index contributed by atoms with van der Waals surface area (Å²) in [6.45, 7) is 0.255. The van der Waals surface area contributed by atoms with E-state index in [-0.39, 0.29) is 34.5 Å². The third-order valence-electron chi connectivity index (χ3n) is 3.91. The molecular formula is C19H17N3O6S. The molecule has 0 fully saturated rings. The van der Waals surface area contributed by atoms with Crippen LogP contribution >= 0.6 is 11.8 Å². The van der Waals surface area contributed by atoms with Gasteiger partial charge in [0, 0.05) is 24.1 Å². The van der Waals surface area contributed by atoms with Gasteiger partial charge in [-0.05, 0) is 12.5 Å². The number of nitrogens with one attached hydrogen (secondary N) is 2. The summed E-state index contributed by atoms with van der Waals surface area (Å²) in [5.74, 6) is -1.91. The Kier molecular flexibility index (Phi) is 6.45. The molecule has 0 bridgehead atoms. The molecular weight excluding hydrogens is 398 g/mol. The van der Waals surface area contributed by atoms with Crippen LogP contribution in [0, 0.1) is 0 Å². The number of Topliss-reactive ketones (excluding diaryl/α,β-unsaturated/α-hetero) is 1. The SMILES string of the molecule is COC(=O)c1noc2c1C(=O)C(SCCNC(=O)NC1=CCC=CC=C1)=CC2=O. The summed E-state index contributed by atoms with van der Waals surface area (Å²) in [6.07, 6.45) is 11.2. The number of nitrogens with zero attached hydrogens (tertiary/aromatic N) is 1. The van der Waals surface area contributed by atoms with Crippen LogP contribution in [0.25, 0.3) is 0 Å². The third-order valence-corrected chi connectivity index (χ3v) is 4.93. The zero-order valence-corrected chi connectivity index (χ0v) is 16.2. The molecule has 0 unspecified atom stereocenters. The molecule has 2 N–H and O–H groups in total. The first-order valence-corrected chi connectivity index (χ1v) is 9.59. The fourth-order valence-corrected chi connectivity index (χ4v) is 3.41. The van der Waals surface area contributed by atoms with Gasteiger partial charge in [-0.25, -0.2) is 9.59 Å². The van der Waals surface area contributed by atoms with Crippen molar-refractivity contribution < 1.29 is 28.4 Å². The second-order valence-electron chi connectivity index (χ2n) is 5.84. The number of urea groups is 1. The highest BCUT2D eigenvalue weighted by Crippen LogP contribution is 2.30. The molecule has 0 saturated carbocycles.